The van der Waals surface area contributed by atoms with Crippen molar-refractivity contribution in [3.8, 4) is 0 Å². The van der Waals surface area contributed by atoms with E-state index in [-0.39, 0.29) is 18.5 Å². The van der Waals surface area contributed by atoms with Crippen LogP contribution in [0.2, 0.25) is 0 Å². The molecule has 1 heterocycles. The van der Waals surface area contributed by atoms with E-state index in [9.17, 15) is 9.59 Å². The van der Waals surface area contributed by atoms with Crippen LogP contribution in [0.1, 0.15) is 46.3 Å². The van der Waals surface area contributed by atoms with Crippen molar-refractivity contribution in [1.29, 1.82) is 0 Å². The molecule has 1 saturated carbocycles. The topological polar surface area (TPSA) is 55.4 Å². The normalized spacial score (nSPS) is 21.1. The Morgan fingerprint density at radius 3 is 2.95 bits per heavy atom. The molecule has 0 bridgehead atoms. The minimum Gasteiger partial charge on any atom is -0.451 e. The van der Waals surface area contributed by atoms with Crippen LogP contribution in [0.5, 0.6) is 0 Å². The molecule has 2 aliphatic rings. The third-order valence-corrected chi connectivity index (χ3v) is 5.02. The number of hydrogen-bond donors (Lipinski definition) is 1. The lowest BCUT2D eigenvalue weighted by atomic mass is 9.90. The molecular formula is C15H19NO3S. The number of esters is 1. The third kappa shape index (κ3) is 3.20. The fourth-order valence-electron chi connectivity index (χ4n) is 2.51. The zero-order valence-electron chi connectivity index (χ0n) is 11.6. The summed E-state index contributed by atoms with van der Waals surface area (Å²) in [6.07, 6.45) is 5.36. The summed E-state index contributed by atoms with van der Waals surface area (Å²) < 4.78 is 5.08. The molecule has 1 amide bonds. The summed E-state index contributed by atoms with van der Waals surface area (Å²) in [7, 11) is 0. The highest BCUT2D eigenvalue weighted by Crippen LogP contribution is 2.32. The van der Waals surface area contributed by atoms with E-state index in [1.54, 1.807) is 0 Å². The Morgan fingerprint density at radius 2 is 2.20 bits per heavy atom. The van der Waals surface area contributed by atoms with E-state index in [0.717, 1.165) is 25.7 Å². The minimum absolute atomic E-state index is 0.172. The molecule has 20 heavy (non-hydrogen) atoms. The zero-order chi connectivity index (χ0) is 14.1. The molecular weight excluding hydrogens is 274 g/mol. The number of carbonyl (C=O) groups excluding carboxylic acids is 2. The van der Waals surface area contributed by atoms with E-state index < -0.39 is 0 Å². The van der Waals surface area contributed by atoms with Gasteiger partial charge in [0.1, 0.15) is 4.88 Å². The van der Waals surface area contributed by atoms with Crippen molar-refractivity contribution in [2.75, 3.05) is 6.61 Å². The van der Waals surface area contributed by atoms with Crippen LogP contribution in [0.25, 0.3) is 0 Å². The second-order valence-corrected chi connectivity index (χ2v) is 6.96. The lowest BCUT2D eigenvalue weighted by Gasteiger charge is -2.16. The molecule has 0 unspecified atom stereocenters. The van der Waals surface area contributed by atoms with Crippen LogP contribution in [0, 0.1) is 5.92 Å². The maximum absolute atomic E-state index is 12.0. The summed E-state index contributed by atoms with van der Waals surface area (Å²) in [4.78, 5) is 25.4. The highest BCUT2D eigenvalue weighted by Gasteiger charge is 2.25. The third-order valence-electron chi connectivity index (χ3n) is 3.81. The second kappa shape index (κ2) is 5.56. The van der Waals surface area contributed by atoms with E-state index in [1.807, 2.05) is 6.07 Å². The van der Waals surface area contributed by atoms with Crippen LogP contribution in [0.3, 0.4) is 0 Å². The van der Waals surface area contributed by atoms with Crippen molar-refractivity contribution in [2.45, 2.75) is 45.1 Å². The first-order chi connectivity index (χ1) is 9.61. The first kappa shape index (κ1) is 13.6. The Hall–Kier alpha value is -1.36. The van der Waals surface area contributed by atoms with Gasteiger partial charge in [-0.1, -0.05) is 6.92 Å². The van der Waals surface area contributed by atoms with Crippen molar-refractivity contribution in [3.63, 3.8) is 0 Å². The van der Waals surface area contributed by atoms with Crippen molar-refractivity contribution in [3.05, 3.63) is 21.4 Å². The van der Waals surface area contributed by atoms with Gasteiger partial charge in [0.15, 0.2) is 6.61 Å². The molecule has 0 radical (unpaired) electrons. The highest BCUT2D eigenvalue weighted by molar-refractivity contribution is 7.14. The standard InChI is InChI=1S/C15H19NO3S/c1-9-2-5-12-10(6-9)7-13(20-12)15(18)19-8-14(17)16-11-3-4-11/h7,9,11H,2-6,8H2,1H3,(H,16,17)/t9-/m0/s1. The number of fused-ring (bicyclic) bond motifs is 1. The smallest absolute Gasteiger partial charge is 0.348 e. The molecule has 4 nitrogen and oxygen atoms in total. The predicted molar refractivity (Wildman–Crippen MR) is 77.0 cm³/mol. The zero-order valence-corrected chi connectivity index (χ0v) is 12.4. The number of rotatable bonds is 4. The van der Waals surface area contributed by atoms with Gasteiger partial charge in [-0.25, -0.2) is 4.79 Å². The monoisotopic (exact) mass is 293 g/mol. The van der Waals surface area contributed by atoms with Gasteiger partial charge < -0.3 is 10.1 Å². The second-order valence-electron chi connectivity index (χ2n) is 5.82. The quantitative estimate of drug-likeness (QED) is 0.867. The predicted octanol–water partition coefficient (Wildman–Crippen LogP) is 2.31. The van der Waals surface area contributed by atoms with Crippen LogP contribution in [-0.4, -0.2) is 24.5 Å². The van der Waals surface area contributed by atoms with Crippen molar-refractivity contribution in [1.82, 2.24) is 5.32 Å². The fraction of sp³-hybridized carbons (Fsp3) is 0.600. The van der Waals surface area contributed by atoms with Crippen molar-refractivity contribution >= 4 is 23.2 Å². The van der Waals surface area contributed by atoms with Gasteiger partial charge >= 0.3 is 5.97 Å². The van der Waals surface area contributed by atoms with E-state index in [0.29, 0.717) is 16.8 Å². The highest BCUT2D eigenvalue weighted by atomic mass is 32.1. The number of nitrogens with one attached hydrogen (secondary N) is 1. The van der Waals surface area contributed by atoms with E-state index >= 15 is 0 Å². The van der Waals surface area contributed by atoms with Crippen LogP contribution >= 0.6 is 11.3 Å². The first-order valence-electron chi connectivity index (χ1n) is 7.20. The Kier molecular flexibility index (Phi) is 3.78. The van der Waals surface area contributed by atoms with E-state index in [2.05, 4.69) is 12.2 Å². The Labute approximate surface area is 122 Å². The maximum Gasteiger partial charge on any atom is 0.348 e. The molecule has 108 valence electrons. The number of hydrogen-bond acceptors (Lipinski definition) is 4. The molecule has 0 aliphatic heterocycles. The number of thiophene rings is 1. The van der Waals surface area contributed by atoms with Crippen LogP contribution in [-0.2, 0) is 22.4 Å². The summed E-state index contributed by atoms with van der Waals surface area (Å²) in [6, 6.07) is 2.24. The van der Waals surface area contributed by atoms with Crippen molar-refractivity contribution < 1.29 is 14.3 Å². The van der Waals surface area contributed by atoms with Gasteiger partial charge in [-0.05, 0) is 49.7 Å². The Balaban J connectivity index is 1.55. The fourth-order valence-corrected chi connectivity index (χ4v) is 3.61. The maximum atomic E-state index is 12.0. The summed E-state index contributed by atoms with van der Waals surface area (Å²) in [5, 5.41) is 2.80. The molecule has 3 rings (SSSR count). The number of ether oxygens (including phenoxy) is 1. The van der Waals surface area contributed by atoms with Gasteiger partial charge in [-0.15, -0.1) is 11.3 Å². The van der Waals surface area contributed by atoms with Gasteiger partial charge in [-0.2, -0.15) is 0 Å². The number of aryl methyl sites for hydroxylation is 1. The first-order valence-corrected chi connectivity index (χ1v) is 8.01. The molecule has 1 aromatic rings. The average molecular weight is 293 g/mol. The average Bonchev–Trinajstić information content (AvgIpc) is 3.12. The largest absolute Gasteiger partial charge is 0.451 e. The lowest BCUT2D eigenvalue weighted by Crippen LogP contribution is -2.30. The number of carbonyl (C=O) groups is 2. The summed E-state index contributed by atoms with van der Waals surface area (Å²) in [5.74, 6) is 0.115. The molecule has 1 N–H and O–H groups in total. The Bertz CT molecular complexity index is 533. The van der Waals surface area contributed by atoms with Crippen LogP contribution < -0.4 is 5.32 Å². The van der Waals surface area contributed by atoms with E-state index in [1.165, 1.54) is 28.2 Å². The summed E-state index contributed by atoms with van der Waals surface area (Å²) in [5.41, 5.74) is 1.28. The summed E-state index contributed by atoms with van der Waals surface area (Å²) >= 11 is 1.52. The Morgan fingerprint density at radius 1 is 1.40 bits per heavy atom. The van der Waals surface area contributed by atoms with Gasteiger partial charge in [0.05, 0.1) is 0 Å². The molecule has 0 aromatic carbocycles. The molecule has 5 heteroatoms. The van der Waals surface area contributed by atoms with Crippen LogP contribution in [0.15, 0.2) is 6.07 Å². The lowest BCUT2D eigenvalue weighted by molar-refractivity contribution is -0.124. The summed E-state index contributed by atoms with van der Waals surface area (Å²) in [6.45, 7) is 2.06. The van der Waals surface area contributed by atoms with Gasteiger partial charge in [0, 0.05) is 10.9 Å². The van der Waals surface area contributed by atoms with Gasteiger partial charge in [0.2, 0.25) is 0 Å². The molecule has 1 fully saturated rings. The molecule has 0 spiro atoms. The van der Waals surface area contributed by atoms with Crippen molar-refractivity contribution in [2.24, 2.45) is 5.92 Å². The van der Waals surface area contributed by atoms with Gasteiger partial charge in [0.25, 0.3) is 5.91 Å². The van der Waals surface area contributed by atoms with Gasteiger partial charge in [-0.3, -0.25) is 4.79 Å². The number of amides is 1. The van der Waals surface area contributed by atoms with E-state index in [4.69, 9.17) is 4.74 Å². The van der Waals surface area contributed by atoms with Crippen LogP contribution in [0.4, 0.5) is 0 Å². The molecule has 0 saturated heterocycles. The molecule has 1 aromatic heterocycles. The minimum atomic E-state index is -0.372. The molecule has 2 aliphatic carbocycles. The molecule has 1 atom stereocenters. The SMILES string of the molecule is C[C@H]1CCc2sc(C(=O)OCC(=O)NC3CC3)cc2C1.